The SMILES string of the molecule is CC(CNC(=O)CN)Oc1ccc(Cl)cc1. The second kappa shape index (κ2) is 6.35. The van der Waals surface area contributed by atoms with E-state index in [0.29, 0.717) is 11.6 Å². The molecule has 1 rings (SSSR count). The summed E-state index contributed by atoms with van der Waals surface area (Å²) < 4.78 is 5.55. The summed E-state index contributed by atoms with van der Waals surface area (Å²) in [7, 11) is 0. The molecule has 1 amide bonds. The largest absolute Gasteiger partial charge is 0.489 e. The van der Waals surface area contributed by atoms with Crippen molar-refractivity contribution >= 4 is 17.5 Å². The lowest BCUT2D eigenvalue weighted by atomic mass is 10.3. The number of ether oxygens (including phenoxy) is 1. The summed E-state index contributed by atoms with van der Waals surface area (Å²) in [4.78, 5) is 10.9. The van der Waals surface area contributed by atoms with Gasteiger partial charge in [0.15, 0.2) is 0 Å². The van der Waals surface area contributed by atoms with Gasteiger partial charge in [0, 0.05) is 5.02 Å². The zero-order valence-corrected chi connectivity index (χ0v) is 9.83. The Morgan fingerprint density at radius 3 is 2.69 bits per heavy atom. The first-order valence-electron chi connectivity index (χ1n) is 5.01. The van der Waals surface area contributed by atoms with E-state index in [1.165, 1.54) is 0 Å². The minimum Gasteiger partial charge on any atom is -0.489 e. The first-order valence-corrected chi connectivity index (χ1v) is 5.38. The third-order valence-corrected chi connectivity index (χ3v) is 2.17. The number of hydrogen-bond acceptors (Lipinski definition) is 3. The van der Waals surface area contributed by atoms with E-state index < -0.39 is 0 Å². The molecule has 1 atom stereocenters. The van der Waals surface area contributed by atoms with Crippen molar-refractivity contribution in [2.45, 2.75) is 13.0 Å². The first kappa shape index (κ1) is 12.8. The van der Waals surface area contributed by atoms with E-state index in [4.69, 9.17) is 22.1 Å². The van der Waals surface area contributed by atoms with Gasteiger partial charge in [-0.05, 0) is 31.2 Å². The quantitative estimate of drug-likeness (QED) is 0.815. The highest BCUT2D eigenvalue weighted by molar-refractivity contribution is 6.30. The van der Waals surface area contributed by atoms with E-state index in [1.807, 2.05) is 6.92 Å². The molecule has 0 bridgehead atoms. The summed E-state index contributed by atoms with van der Waals surface area (Å²) in [5, 5.41) is 3.31. The Hall–Kier alpha value is -1.26. The van der Waals surface area contributed by atoms with Crippen molar-refractivity contribution in [3.8, 4) is 5.75 Å². The molecule has 0 aliphatic heterocycles. The van der Waals surface area contributed by atoms with Crippen LogP contribution in [0.25, 0.3) is 0 Å². The minimum atomic E-state index is -0.188. The van der Waals surface area contributed by atoms with Gasteiger partial charge in [0.05, 0.1) is 13.1 Å². The van der Waals surface area contributed by atoms with Crippen LogP contribution in [-0.4, -0.2) is 25.1 Å². The maximum atomic E-state index is 10.9. The van der Waals surface area contributed by atoms with E-state index in [1.54, 1.807) is 24.3 Å². The summed E-state index contributed by atoms with van der Waals surface area (Å²) in [6.07, 6.45) is -0.114. The monoisotopic (exact) mass is 242 g/mol. The topological polar surface area (TPSA) is 64.4 Å². The van der Waals surface area contributed by atoms with Crippen LogP contribution in [0.5, 0.6) is 5.75 Å². The first-order chi connectivity index (χ1) is 7.61. The molecule has 0 aliphatic rings. The molecular formula is C11H15ClN2O2. The normalized spacial score (nSPS) is 11.9. The van der Waals surface area contributed by atoms with Gasteiger partial charge in [0.25, 0.3) is 0 Å². The van der Waals surface area contributed by atoms with Crippen LogP contribution in [-0.2, 0) is 4.79 Å². The van der Waals surface area contributed by atoms with Gasteiger partial charge in [0.2, 0.25) is 5.91 Å². The maximum Gasteiger partial charge on any atom is 0.233 e. The Labute approximate surface area is 99.7 Å². The van der Waals surface area contributed by atoms with Crippen LogP contribution in [0, 0.1) is 0 Å². The highest BCUT2D eigenvalue weighted by Crippen LogP contribution is 2.16. The van der Waals surface area contributed by atoms with E-state index >= 15 is 0 Å². The number of benzene rings is 1. The van der Waals surface area contributed by atoms with Crippen molar-refractivity contribution in [1.29, 1.82) is 0 Å². The second-order valence-corrected chi connectivity index (χ2v) is 3.83. The van der Waals surface area contributed by atoms with Gasteiger partial charge in [-0.2, -0.15) is 0 Å². The summed E-state index contributed by atoms with van der Waals surface area (Å²) >= 11 is 5.74. The highest BCUT2D eigenvalue weighted by atomic mass is 35.5. The lowest BCUT2D eigenvalue weighted by molar-refractivity contribution is -0.120. The molecule has 0 saturated carbocycles. The Bertz CT molecular complexity index is 340. The number of carbonyl (C=O) groups excluding carboxylic acids is 1. The van der Waals surface area contributed by atoms with Gasteiger partial charge in [-0.3, -0.25) is 4.79 Å². The van der Waals surface area contributed by atoms with Gasteiger partial charge < -0.3 is 15.8 Å². The molecule has 1 aromatic rings. The molecule has 5 heteroatoms. The van der Waals surface area contributed by atoms with Crippen LogP contribution in [0.2, 0.25) is 5.02 Å². The second-order valence-electron chi connectivity index (χ2n) is 3.39. The van der Waals surface area contributed by atoms with Crippen LogP contribution in [0.15, 0.2) is 24.3 Å². The van der Waals surface area contributed by atoms with Crippen LogP contribution in [0.1, 0.15) is 6.92 Å². The zero-order chi connectivity index (χ0) is 12.0. The fraction of sp³-hybridized carbons (Fsp3) is 0.364. The number of halogens is 1. The predicted octanol–water partition coefficient (Wildman–Crippen LogP) is 1.18. The van der Waals surface area contributed by atoms with Crippen LogP contribution in [0.3, 0.4) is 0 Å². The van der Waals surface area contributed by atoms with Gasteiger partial charge in [-0.15, -0.1) is 0 Å². The summed E-state index contributed by atoms with van der Waals surface area (Å²) in [5.74, 6) is 0.533. The van der Waals surface area contributed by atoms with E-state index in [-0.39, 0.29) is 18.6 Å². The fourth-order valence-corrected chi connectivity index (χ4v) is 1.24. The number of rotatable bonds is 5. The Morgan fingerprint density at radius 2 is 2.12 bits per heavy atom. The van der Waals surface area contributed by atoms with Crippen LogP contribution >= 0.6 is 11.6 Å². The summed E-state index contributed by atoms with van der Waals surface area (Å²) in [6.45, 7) is 2.29. The van der Waals surface area contributed by atoms with Crippen molar-refractivity contribution < 1.29 is 9.53 Å². The summed E-state index contributed by atoms with van der Waals surface area (Å²) in [6, 6.07) is 7.07. The van der Waals surface area contributed by atoms with Gasteiger partial charge in [-0.25, -0.2) is 0 Å². The van der Waals surface area contributed by atoms with E-state index in [0.717, 1.165) is 5.75 Å². The van der Waals surface area contributed by atoms with Crippen molar-refractivity contribution in [2.24, 2.45) is 5.73 Å². The molecule has 0 fully saturated rings. The zero-order valence-electron chi connectivity index (χ0n) is 9.07. The number of nitrogens with one attached hydrogen (secondary N) is 1. The molecule has 88 valence electrons. The molecule has 0 radical (unpaired) electrons. The number of hydrogen-bond donors (Lipinski definition) is 2. The third-order valence-electron chi connectivity index (χ3n) is 1.92. The average molecular weight is 243 g/mol. The number of carbonyl (C=O) groups is 1. The molecule has 1 aromatic carbocycles. The smallest absolute Gasteiger partial charge is 0.233 e. The van der Waals surface area contributed by atoms with Crippen LogP contribution in [0.4, 0.5) is 0 Å². The Morgan fingerprint density at radius 1 is 1.50 bits per heavy atom. The van der Waals surface area contributed by atoms with Crippen molar-refractivity contribution in [3.63, 3.8) is 0 Å². The fourth-order valence-electron chi connectivity index (χ4n) is 1.12. The highest BCUT2D eigenvalue weighted by Gasteiger charge is 2.05. The molecule has 1 unspecified atom stereocenters. The van der Waals surface area contributed by atoms with Gasteiger partial charge in [-0.1, -0.05) is 11.6 Å². The van der Waals surface area contributed by atoms with Crippen molar-refractivity contribution in [3.05, 3.63) is 29.3 Å². The van der Waals surface area contributed by atoms with Crippen molar-refractivity contribution in [2.75, 3.05) is 13.1 Å². The maximum absolute atomic E-state index is 10.9. The number of nitrogens with two attached hydrogens (primary N) is 1. The molecule has 16 heavy (non-hydrogen) atoms. The Balaban J connectivity index is 2.36. The number of amides is 1. The van der Waals surface area contributed by atoms with Gasteiger partial charge >= 0.3 is 0 Å². The summed E-state index contributed by atoms with van der Waals surface area (Å²) in [5.41, 5.74) is 5.16. The molecule has 0 aromatic heterocycles. The molecule has 0 heterocycles. The van der Waals surface area contributed by atoms with Crippen molar-refractivity contribution in [1.82, 2.24) is 5.32 Å². The molecule has 0 saturated heterocycles. The molecule has 4 nitrogen and oxygen atoms in total. The van der Waals surface area contributed by atoms with Crippen LogP contribution < -0.4 is 15.8 Å². The minimum absolute atomic E-state index is 0.00628. The molecular weight excluding hydrogens is 228 g/mol. The van der Waals surface area contributed by atoms with E-state index in [2.05, 4.69) is 5.32 Å². The van der Waals surface area contributed by atoms with Gasteiger partial charge in [0.1, 0.15) is 11.9 Å². The molecule has 0 aliphatic carbocycles. The predicted molar refractivity (Wildman–Crippen MR) is 63.6 cm³/mol. The standard InChI is InChI=1S/C11H15ClN2O2/c1-8(7-14-11(15)6-13)16-10-4-2-9(12)3-5-10/h2-5,8H,6-7,13H2,1H3,(H,14,15). The lowest BCUT2D eigenvalue weighted by Crippen LogP contribution is -2.37. The molecule has 3 N–H and O–H groups in total. The van der Waals surface area contributed by atoms with E-state index in [9.17, 15) is 4.79 Å². The Kier molecular flexibility index (Phi) is 5.08. The lowest BCUT2D eigenvalue weighted by Gasteiger charge is -2.15. The molecule has 0 spiro atoms. The average Bonchev–Trinajstić information content (AvgIpc) is 2.29. The third kappa shape index (κ3) is 4.51.